The van der Waals surface area contributed by atoms with Crippen LogP contribution < -0.4 is 15.2 Å². The van der Waals surface area contributed by atoms with Crippen molar-refractivity contribution in [1.82, 2.24) is 10.2 Å². The van der Waals surface area contributed by atoms with Crippen molar-refractivity contribution in [2.45, 2.75) is 18.9 Å². The number of ether oxygens (including phenoxy) is 2. The summed E-state index contributed by atoms with van der Waals surface area (Å²) in [6.45, 7) is 0. The summed E-state index contributed by atoms with van der Waals surface area (Å²) in [5.41, 5.74) is 7.61. The molecule has 0 atom stereocenters. The maximum atomic E-state index is 5.94. The van der Waals surface area contributed by atoms with E-state index in [1.807, 2.05) is 18.2 Å². The first-order valence-corrected chi connectivity index (χ1v) is 5.92. The van der Waals surface area contributed by atoms with E-state index in [0.717, 1.165) is 35.5 Å². The first-order valence-electron chi connectivity index (χ1n) is 5.92. The zero-order chi connectivity index (χ0) is 12.5. The molecule has 1 fully saturated rings. The summed E-state index contributed by atoms with van der Waals surface area (Å²) in [5, 5.41) is 6.68. The Morgan fingerprint density at radius 2 is 2.17 bits per heavy atom. The molecular formula is C13H15N3O2. The molecule has 5 nitrogen and oxygen atoms in total. The van der Waals surface area contributed by atoms with Crippen molar-refractivity contribution in [3.8, 4) is 22.6 Å². The van der Waals surface area contributed by atoms with Gasteiger partial charge in [-0.3, -0.25) is 5.10 Å². The number of benzene rings is 1. The maximum Gasteiger partial charge on any atom is 0.169 e. The summed E-state index contributed by atoms with van der Waals surface area (Å²) in [5.74, 6) is 2.00. The summed E-state index contributed by atoms with van der Waals surface area (Å²) in [6, 6.07) is 5.76. The number of hydrogen-bond acceptors (Lipinski definition) is 4. The highest BCUT2D eigenvalue weighted by Gasteiger charge is 2.27. The molecule has 1 aliphatic rings. The number of nitrogens with two attached hydrogens (primary N) is 1. The van der Waals surface area contributed by atoms with Gasteiger partial charge in [0.1, 0.15) is 5.82 Å². The highest BCUT2D eigenvalue weighted by Crippen LogP contribution is 2.42. The molecule has 0 radical (unpaired) electrons. The van der Waals surface area contributed by atoms with Gasteiger partial charge in [0.15, 0.2) is 11.5 Å². The Morgan fingerprint density at radius 3 is 2.78 bits per heavy atom. The smallest absolute Gasteiger partial charge is 0.169 e. The number of H-pyrrole nitrogens is 1. The van der Waals surface area contributed by atoms with Crippen molar-refractivity contribution in [3.05, 3.63) is 24.4 Å². The van der Waals surface area contributed by atoms with Crippen LogP contribution in [0.25, 0.3) is 11.1 Å². The molecule has 3 N–H and O–H groups in total. The average Bonchev–Trinajstić information content (AvgIpc) is 3.10. The lowest BCUT2D eigenvalue weighted by molar-refractivity contribution is 0.283. The number of hydrogen-bond donors (Lipinski definition) is 2. The largest absolute Gasteiger partial charge is 0.493 e. The molecule has 1 heterocycles. The molecule has 0 amide bonds. The summed E-state index contributed by atoms with van der Waals surface area (Å²) in [6.07, 6.45) is 4.19. The van der Waals surface area contributed by atoms with Gasteiger partial charge in [0, 0.05) is 11.1 Å². The molecule has 0 bridgehead atoms. The van der Waals surface area contributed by atoms with Crippen LogP contribution in [0.4, 0.5) is 5.82 Å². The summed E-state index contributed by atoms with van der Waals surface area (Å²) < 4.78 is 11.3. The molecular weight excluding hydrogens is 230 g/mol. The third kappa shape index (κ3) is 1.88. The Kier molecular flexibility index (Phi) is 2.59. The van der Waals surface area contributed by atoms with Gasteiger partial charge in [-0.1, -0.05) is 12.1 Å². The zero-order valence-corrected chi connectivity index (χ0v) is 10.1. The van der Waals surface area contributed by atoms with Gasteiger partial charge >= 0.3 is 0 Å². The van der Waals surface area contributed by atoms with E-state index in [4.69, 9.17) is 15.2 Å². The fourth-order valence-electron chi connectivity index (χ4n) is 1.87. The predicted octanol–water partition coefficient (Wildman–Crippen LogP) is 2.21. The second-order valence-electron chi connectivity index (χ2n) is 4.35. The summed E-state index contributed by atoms with van der Waals surface area (Å²) in [4.78, 5) is 0. The van der Waals surface area contributed by atoms with Crippen LogP contribution in [-0.4, -0.2) is 23.4 Å². The molecule has 2 aromatic rings. The van der Waals surface area contributed by atoms with Crippen LogP contribution in [0.2, 0.25) is 0 Å². The minimum atomic E-state index is 0.299. The van der Waals surface area contributed by atoms with Crippen LogP contribution >= 0.6 is 0 Å². The second kappa shape index (κ2) is 4.25. The standard InChI is InChI=1S/C13H15N3O2/c1-17-11-4-2-3-9(10-7-15-16-13(10)14)12(11)18-8-5-6-8/h2-4,7-8H,5-6H2,1H3,(H3,14,15,16). The third-order valence-electron chi connectivity index (χ3n) is 2.97. The van der Waals surface area contributed by atoms with Gasteiger partial charge in [0.05, 0.1) is 19.4 Å². The monoisotopic (exact) mass is 245 g/mol. The van der Waals surface area contributed by atoms with Crippen LogP contribution in [0, 0.1) is 0 Å². The lowest BCUT2D eigenvalue weighted by atomic mass is 10.1. The third-order valence-corrected chi connectivity index (χ3v) is 2.97. The van der Waals surface area contributed by atoms with E-state index >= 15 is 0 Å². The van der Waals surface area contributed by atoms with E-state index < -0.39 is 0 Å². The van der Waals surface area contributed by atoms with E-state index in [1.165, 1.54) is 0 Å². The van der Waals surface area contributed by atoms with Gasteiger partial charge in [-0.25, -0.2) is 0 Å². The number of rotatable bonds is 4. The molecule has 1 aromatic heterocycles. The zero-order valence-electron chi connectivity index (χ0n) is 10.1. The molecule has 18 heavy (non-hydrogen) atoms. The maximum absolute atomic E-state index is 5.94. The molecule has 1 aliphatic carbocycles. The van der Waals surface area contributed by atoms with Gasteiger partial charge in [-0.05, 0) is 18.9 Å². The Labute approximate surface area is 105 Å². The normalized spacial score (nSPS) is 14.5. The molecule has 1 saturated carbocycles. The van der Waals surface area contributed by atoms with Gasteiger partial charge in [-0.2, -0.15) is 5.10 Å². The summed E-state index contributed by atoms with van der Waals surface area (Å²) >= 11 is 0. The molecule has 3 rings (SSSR count). The van der Waals surface area contributed by atoms with Crippen molar-refractivity contribution >= 4 is 5.82 Å². The minimum Gasteiger partial charge on any atom is -0.493 e. The molecule has 5 heteroatoms. The van der Waals surface area contributed by atoms with E-state index in [1.54, 1.807) is 13.3 Å². The number of nitrogen functional groups attached to an aromatic ring is 1. The van der Waals surface area contributed by atoms with Crippen molar-refractivity contribution in [3.63, 3.8) is 0 Å². The SMILES string of the molecule is COc1cccc(-c2cn[nH]c2N)c1OC1CC1. The van der Waals surface area contributed by atoms with Crippen molar-refractivity contribution in [1.29, 1.82) is 0 Å². The molecule has 1 aromatic carbocycles. The minimum absolute atomic E-state index is 0.299. The van der Waals surface area contributed by atoms with Gasteiger partial charge in [0.25, 0.3) is 0 Å². The number of para-hydroxylation sites is 1. The predicted molar refractivity (Wildman–Crippen MR) is 68.6 cm³/mol. The first-order chi connectivity index (χ1) is 8.79. The van der Waals surface area contributed by atoms with Crippen LogP contribution in [0.15, 0.2) is 24.4 Å². The topological polar surface area (TPSA) is 73.2 Å². The number of methoxy groups -OCH3 is 1. The quantitative estimate of drug-likeness (QED) is 0.866. The van der Waals surface area contributed by atoms with E-state index in [0.29, 0.717) is 11.9 Å². The number of nitrogens with one attached hydrogen (secondary N) is 1. The molecule has 0 aliphatic heterocycles. The fraction of sp³-hybridized carbons (Fsp3) is 0.308. The number of aromatic nitrogens is 2. The number of anilines is 1. The molecule has 0 unspecified atom stereocenters. The first kappa shape index (κ1) is 11.0. The van der Waals surface area contributed by atoms with Crippen LogP contribution in [0.1, 0.15) is 12.8 Å². The van der Waals surface area contributed by atoms with Gasteiger partial charge in [-0.15, -0.1) is 0 Å². The van der Waals surface area contributed by atoms with Crippen molar-refractivity contribution in [2.24, 2.45) is 0 Å². The van der Waals surface area contributed by atoms with Crippen molar-refractivity contribution < 1.29 is 9.47 Å². The van der Waals surface area contributed by atoms with Gasteiger partial charge in [0.2, 0.25) is 0 Å². The Bertz CT molecular complexity index is 561. The second-order valence-corrected chi connectivity index (χ2v) is 4.35. The van der Waals surface area contributed by atoms with Crippen molar-refractivity contribution in [2.75, 3.05) is 12.8 Å². The summed E-state index contributed by atoms with van der Waals surface area (Å²) in [7, 11) is 1.64. The average molecular weight is 245 g/mol. The fourth-order valence-corrected chi connectivity index (χ4v) is 1.87. The highest BCUT2D eigenvalue weighted by atomic mass is 16.5. The highest BCUT2D eigenvalue weighted by molar-refractivity contribution is 5.80. The van der Waals surface area contributed by atoms with E-state index in [9.17, 15) is 0 Å². The molecule has 0 saturated heterocycles. The number of nitrogens with zero attached hydrogens (tertiary/aromatic N) is 1. The Balaban J connectivity index is 2.09. The molecule has 0 spiro atoms. The Hall–Kier alpha value is -2.17. The lowest BCUT2D eigenvalue weighted by Gasteiger charge is -2.14. The van der Waals surface area contributed by atoms with Crippen LogP contribution in [0.5, 0.6) is 11.5 Å². The Morgan fingerprint density at radius 1 is 1.33 bits per heavy atom. The van der Waals surface area contributed by atoms with Crippen LogP contribution in [-0.2, 0) is 0 Å². The number of aromatic amines is 1. The molecule has 94 valence electrons. The van der Waals surface area contributed by atoms with E-state index in [2.05, 4.69) is 10.2 Å². The van der Waals surface area contributed by atoms with Gasteiger partial charge < -0.3 is 15.2 Å². The lowest BCUT2D eigenvalue weighted by Crippen LogP contribution is -2.01. The van der Waals surface area contributed by atoms with E-state index in [-0.39, 0.29) is 0 Å². The van der Waals surface area contributed by atoms with Crippen LogP contribution in [0.3, 0.4) is 0 Å².